The highest BCUT2D eigenvalue weighted by Gasteiger charge is 2.24. The van der Waals surface area contributed by atoms with Gasteiger partial charge in [-0.15, -0.1) is 5.32 Å². The normalized spacial score (nSPS) is 12.7. The van der Waals surface area contributed by atoms with Crippen molar-refractivity contribution in [2.24, 2.45) is 5.73 Å². The first-order valence-electron chi connectivity index (χ1n) is 8.58. The molecule has 1 atom stereocenters. The van der Waals surface area contributed by atoms with Gasteiger partial charge in [0.15, 0.2) is 0 Å². The molecule has 27 heavy (non-hydrogen) atoms. The zero-order valence-corrected chi connectivity index (χ0v) is 16.7. The van der Waals surface area contributed by atoms with Gasteiger partial charge in [-0.3, -0.25) is 10.1 Å². The van der Waals surface area contributed by atoms with Gasteiger partial charge < -0.3 is 15.2 Å². The van der Waals surface area contributed by atoms with Crippen molar-refractivity contribution in [1.82, 2.24) is 5.32 Å². The monoisotopic (exact) mass is 378 g/mol. The number of rotatable bonds is 4. The third-order valence-electron chi connectivity index (χ3n) is 2.94. The lowest BCUT2D eigenvalue weighted by molar-refractivity contribution is -0.122. The summed E-state index contributed by atoms with van der Waals surface area (Å²) in [6.45, 7) is 10.3. The third kappa shape index (κ3) is 9.60. The summed E-state index contributed by atoms with van der Waals surface area (Å²) in [6, 6.07) is 5.82. The van der Waals surface area contributed by atoms with Crippen LogP contribution < -0.4 is 16.4 Å². The average Bonchev–Trinajstić information content (AvgIpc) is 2.42. The van der Waals surface area contributed by atoms with Crippen molar-refractivity contribution < 1.29 is 23.9 Å². The van der Waals surface area contributed by atoms with Gasteiger partial charge in [0, 0.05) is 5.69 Å². The van der Waals surface area contributed by atoms with Crippen LogP contribution in [0.1, 0.15) is 47.1 Å². The lowest BCUT2D eigenvalue weighted by Gasteiger charge is -2.20. The molecule has 149 valence electrons. The van der Waals surface area contributed by atoms with Crippen molar-refractivity contribution in [2.45, 2.75) is 65.2 Å². The van der Waals surface area contributed by atoms with Gasteiger partial charge in [-0.2, -0.15) is 0 Å². The smallest absolute Gasteiger partial charge is 0.437 e. The Hall–Kier alpha value is -2.61. The third-order valence-corrected chi connectivity index (χ3v) is 2.94. The van der Waals surface area contributed by atoms with Crippen molar-refractivity contribution in [1.29, 1.82) is 0 Å². The Morgan fingerprint density at radius 1 is 1.07 bits per heavy atom. The van der Waals surface area contributed by atoms with Crippen LogP contribution in [0, 0.1) is 0 Å². The van der Waals surface area contributed by atoms with Gasteiger partial charge >= 0.3 is 12.2 Å². The standard InChI is InChI=1S/C19H28N3O5/c1-18(2,3)26-16(24)21-13-9-7-8-12(10-13)11-14(20)15(23)22-17(25)27-19(4,5)6/h7-10,14H,11,20H2,1-6H3,(H,21,24)/t14-/m0/s1. The number of carbonyl (C=O) groups excluding carboxylic acids is 3. The van der Waals surface area contributed by atoms with E-state index in [4.69, 9.17) is 15.2 Å². The molecule has 1 rings (SSSR count). The summed E-state index contributed by atoms with van der Waals surface area (Å²) in [4.78, 5) is 35.4. The van der Waals surface area contributed by atoms with E-state index in [1.165, 1.54) is 0 Å². The Labute approximate surface area is 159 Å². The maximum Gasteiger partial charge on any atom is 0.437 e. The molecule has 8 nitrogen and oxygen atoms in total. The molecule has 1 aromatic rings. The molecule has 0 aliphatic heterocycles. The second kappa shape index (κ2) is 8.85. The highest BCUT2D eigenvalue weighted by Crippen LogP contribution is 2.15. The Bertz CT molecular complexity index is 689. The molecular formula is C19H28N3O5. The van der Waals surface area contributed by atoms with E-state index >= 15 is 0 Å². The molecule has 0 spiro atoms. The van der Waals surface area contributed by atoms with Crippen molar-refractivity contribution >= 4 is 23.8 Å². The minimum atomic E-state index is -1.01. The first-order chi connectivity index (χ1) is 12.2. The Morgan fingerprint density at radius 2 is 1.67 bits per heavy atom. The molecule has 0 unspecified atom stereocenters. The Balaban J connectivity index is 2.64. The van der Waals surface area contributed by atoms with E-state index in [1.54, 1.807) is 65.8 Å². The summed E-state index contributed by atoms with van der Waals surface area (Å²) in [5, 5.41) is 5.97. The SMILES string of the molecule is CC(C)(C)OC(=O)[N]C(=O)[C@@H](N)Cc1cccc(NC(=O)OC(C)(C)C)c1. The molecule has 1 radical (unpaired) electrons. The van der Waals surface area contributed by atoms with E-state index in [0.717, 1.165) is 0 Å². The Morgan fingerprint density at radius 3 is 2.22 bits per heavy atom. The van der Waals surface area contributed by atoms with E-state index in [1.807, 2.05) is 0 Å². The van der Waals surface area contributed by atoms with E-state index in [9.17, 15) is 14.4 Å². The predicted octanol–water partition coefficient (Wildman–Crippen LogP) is 2.97. The fourth-order valence-electron chi connectivity index (χ4n) is 2.00. The molecule has 0 heterocycles. The number of imide groups is 1. The van der Waals surface area contributed by atoms with Crippen molar-refractivity contribution in [2.75, 3.05) is 5.32 Å². The zero-order valence-electron chi connectivity index (χ0n) is 16.7. The van der Waals surface area contributed by atoms with Crippen molar-refractivity contribution in [3.8, 4) is 0 Å². The van der Waals surface area contributed by atoms with Gasteiger partial charge in [-0.05, 0) is 65.7 Å². The zero-order chi connectivity index (χ0) is 20.8. The van der Waals surface area contributed by atoms with Gasteiger partial charge in [0.25, 0.3) is 5.91 Å². The molecule has 0 saturated heterocycles. The minimum Gasteiger partial charge on any atom is -0.444 e. The number of nitrogens with two attached hydrogens (primary N) is 1. The largest absolute Gasteiger partial charge is 0.444 e. The van der Waals surface area contributed by atoms with Crippen LogP contribution in [0.15, 0.2) is 24.3 Å². The van der Waals surface area contributed by atoms with Crippen LogP contribution >= 0.6 is 0 Å². The first kappa shape index (κ1) is 22.4. The fourth-order valence-corrected chi connectivity index (χ4v) is 2.00. The Kier molecular flexibility index (Phi) is 7.36. The summed E-state index contributed by atoms with van der Waals surface area (Å²) < 4.78 is 10.2. The molecular weight excluding hydrogens is 350 g/mol. The molecule has 0 aliphatic carbocycles. The van der Waals surface area contributed by atoms with E-state index in [0.29, 0.717) is 11.3 Å². The molecule has 3 N–H and O–H groups in total. The molecule has 0 aromatic heterocycles. The number of hydrogen-bond acceptors (Lipinski definition) is 6. The molecule has 8 heteroatoms. The van der Waals surface area contributed by atoms with Gasteiger partial charge in [-0.25, -0.2) is 9.59 Å². The summed E-state index contributed by atoms with van der Waals surface area (Å²) in [5.74, 6) is -0.769. The van der Waals surface area contributed by atoms with Crippen LogP contribution in [-0.2, 0) is 20.7 Å². The van der Waals surface area contributed by atoms with Gasteiger partial charge in [0.1, 0.15) is 11.2 Å². The van der Waals surface area contributed by atoms with Crippen LogP contribution in [0.3, 0.4) is 0 Å². The summed E-state index contributed by atoms with van der Waals surface area (Å²) in [6.07, 6.45) is -1.40. The number of carbonyl (C=O) groups is 3. The van der Waals surface area contributed by atoms with Crippen molar-refractivity contribution in [3.05, 3.63) is 29.8 Å². The minimum absolute atomic E-state index is 0.148. The highest BCUT2D eigenvalue weighted by atomic mass is 16.6. The van der Waals surface area contributed by atoms with Gasteiger partial charge in [0.2, 0.25) is 0 Å². The summed E-state index contributed by atoms with van der Waals surface area (Å²) in [7, 11) is 0. The van der Waals surface area contributed by atoms with Crippen LogP contribution in [-0.4, -0.2) is 35.3 Å². The lowest BCUT2D eigenvalue weighted by atomic mass is 10.1. The number of nitrogens with one attached hydrogen (secondary N) is 1. The molecule has 0 aliphatic rings. The van der Waals surface area contributed by atoms with Crippen LogP contribution in [0.4, 0.5) is 15.3 Å². The number of hydrogen-bond donors (Lipinski definition) is 2. The van der Waals surface area contributed by atoms with Crippen LogP contribution in [0.5, 0.6) is 0 Å². The van der Waals surface area contributed by atoms with Gasteiger partial charge in [0.05, 0.1) is 6.04 Å². The maximum atomic E-state index is 12.0. The first-order valence-corrected chi connectivity index (χ1v) is 8.58. The number of benzene rings is 1. The predicted molar refractivity (Wildman–Crippen MR) is 101 cm³/mol. The summed E-state index contributed by atoms with van der Waals surface area (Å²) >= 11 is 0. The van der Waals surface area contributed by atoms with E-state index in [-0.39, 0.29) is 6.42 Å². The molecule has 0 fully saturated rings. The molecule has 3 amide bonds. The number of amides is 3. The number of anilines is 1. The summed E-state index contributed by atoms with van der Waals surface area (Å²) in [5.41, 5.74) is 5.68. The second-order valence-corrected chi connectivity index (χ2v) is 8.07. The van der Waals surface area contributed by atoms with Gasteiger partial charge in [-0.1, -0.05) is 12.1 Å². The highest BCUT2D eigenvalue weighted by molar-refractivity contribution is 5.94. The van der Waals surface area contributed by atoms with E-state index in [2.05, 4.69) is 10.6 Å². The fraction of sp³-hybridized carbons (Fsp3) is 0.526. The van der Waals surface area contributed by atoms with Crippen LogP contribution in [0.25, 0.3) is 0 Å². The second-order valence-electron chi connectivity index (χ2n) is 8.07. The lowest BCUT2D eigenvalue weighted by Crippen LogP contribution is -2.42. The number of nitrogens with zero attached hydrogens (tertiary/aromatic N) is 1. The van der Waals surface area contributed by atoms with Crippen LogP contribution in [0.2, 0.25) is 0 Å². The molecule has 0 bridgehead atoms. The molecule has 1 aromatic carbocycles. The van der Waals surface area contributed by atoms with Crippen molar-refractivity contribution in [3.63, 3.8) is 0 Å². The maximum absolute atomic E-state index is 12.0. The topological polar surface area (TPSA) is 122 Å². The average molecular weight is 378 g/mol. The quantitative estimate of drug-likeness (QED) is 0.830. The van der Waals surface area contributed by atoms with E-state index < -0.39 is 35.3 Å². The number of ether oxygens (including phenoxy) is 2. The molecule has 0 saturated carbocycles.